The first-order chi connectivity index (χ1) is 57.4. The molecule has 4 aromatic carbocycles. The van der Waals surface area contributed by atoms with Gasteiger partial charge in [-0.05, 0) is 191 Å². The number of hydrogen-bond donors (Lipinski definition) is 5. The molecule has 11 aromatic rings. The SMILES string of the molecule is COc1c(Cl)cccc1Nc1cc(CC(=O)C2CC2)nc2c1N=C(C)C2.COc1c(Cl)cccc1Nc1cc(CC(=O)C2CC2)nc2c1nc(C)n2C1CCCCO1.COc1c(Cl)cccc1Nc1cc(Cl)nc2c1nc(C)n2C1CCCCO1.COc1c(N)cccc1Cl.Cc1nc2c(Cl)cc(Cl)nc2n1C1CCCCO1.NC(=O)C1CC1. The van der Waals surface area contributed by atoms with Crippen LogP contribution in [0.5, 0.6) is 23.0 Å². The Hall–Kier alpha value is -9.32. The Balaban J connectivity index is 0.000000130. The third kappa shape index (κ3) is 21.5. The molecule has 119 heavy (non-hydrogen) atoms. The zero-order chi connectivity index (χ0) is 84.3. The molecule has 4 aliphatic heterocycles. The number of Topliss-reactive ketones (excluding diaryl/α,β-unsaturated/α-hetero) is 2. The number of rotatable bonds is 20. The van der Waals surface area contributed by atoms with Gasteiger partial charge in [0.15, 0.2) is 39.9 Å². The second kappa shape index (κ2) is 39.9. The third-order valence-electron chi connectivity index (χ3n) is 20.9. The Bertz CT molecular complexity index is 5540. The van der Waals surface area contributed by atoms with Crippen molar-refractivity contribution in [2.45, 2.75) is 162 Å². The lowest BCUT2D eigenvalue weighted by Crippen LogP contribution is -2.19. The molecule has 0 radical (unpaired) electrons. The van der Waals surface area contributed by atoms with Crippen molar-refractivity contribution in [2.75, 3.05) is 69.9 Å². The van der Waals surface area contributed by atoms with Crippen LogP contribution in [0.15, 0.2) is 102 Å². The monoisotopic (exact) mass is 1760 g/mol. The standard InChI is InChI=1S/C24H27ClN4O3.C20H20ClN3O2.C19H20Cl2N4O2.C12H13Cl2N3O.C7H8ClNO.C4H7NO/c1-14-26-22-19(28-18-7-5-6-17(25)23(18)31-2)12-16(13-20(30)15-9-10-15)27-24(22)29(14)21-8-3-4-11-32-21;1-11-8-16-19(22-11)17(9-13(23-16)10-18(25)12-6-7-12)24-15-5-3-4-14(21)20(15)26-2;1-11-22-17-14(23-13-7-5-6-12(20)18(13)26-2)10-15(21)24-19(17)25(11)16-8-3-4-9-27-16;1-7-15-11-8(13)6-9(14)16-12(11)17(7)10-4-2-3-5-18-10;1-10-7-5(8)3-2-4-6(7)9;5-4(6)3-1-2-3/h5-7,12,15,21H,3-4,8-11,13H2,1-2H3,(H,27,28);3-5,9,12H,6-8,10H2,1-2H3,(H,23,24);5-7,10,16H,3-4,8-9H2,1-2H3,(H,23,24);6,10H,2-5H2,1H3;2-4H,9H2,1H3;3H,1-2H2,(H2,5,6). The summed E-state index contributed by atoms with van der Waals surface area (Å²) in [6, 6.07) is 29.1. The van der Waals surface area contributed by atoms with Gasteiger partial charge in [-0.1, -0.05) is 105 Å². The number of nitrogens with zero attached hydrogens (tertiary/aromatic N) is 11. The van der Waals surface area contributed by atoms with Gasteiger partial charge in [0.2, 0.25) is 5.91 Å². The van der Waals surface area contributed by atoms with E-state index in [1.807, 2.05) is 85.4 Å². The minimum Gasteiger partial charge on any atom is -0.493 e. The lowest BCUT2D eigenvalue weighted by atomic mass is 10.1. The first kappa shape index (κ1) is 87.5. The van der Waals surface area contributed by atoms with Crippen LogP contribution in [0.3, 0.4) is 0 Å². The van der Waals surface area contributed by atoms with E-state index in [0.717, 1.165) is 213 Å². The topological polar surface area (TPSA) is 321 Å². The Labute approximate surface area is 725 Å². The lowest BCUT2D eigenvalue weighted by molar-refractivity contribution is -0.120. The van der Waals surface area contributed by atoms with Gasteiger partial charge in [-0.15, -0.1) is 0 Å². The first-order valence-corrected chi connectivity index (χ1v) is 42.3. The van der Waals surface area contributed by atoms with Gasteiger partial charge in [0.25, 0.3) is 0 Å². The third-order valence-corrected chi connectivity index (χ3v) is 22.7. The largest absolute Gasteiger partial charge is 0.493 e. The highest BCUT2D eigenvalue weighted by Gasteiger charge is 2.34. The number of anilines is 7. The summed E-state index contributed by atoms with van der Waals surface area (Å²) in [6.07, 6.45) is 16.7. The van der Waals surface area contributed by atoms with Gasteiger partial charge < -0.3 is 60.6 Å². The van der Waals surface area contributed by atoms with Crippen molar-refractivity contribution in [1.82, 2.24) is 48.6 Å². The Morgan fingerprint density at radius 3 is 1.20 bits per heavy atom. The molecule has 3 saturated heterocycles. The summed E-state index contributed by atoms with van der Waals surface area (Å²) in [5, 5.41) is 13.6. The van der Waals surface area contributed by atoms with Crippen molar-refractivity contribution in [3.05, 3.63) is 167 Å². The molecule has 3 atom stereocenters. The smallest absolute Gasteiger partial charge is 0.220 e. The average molecular weight is 1760 g/mol. The summed E-state index contributed by atoms with van der Waals surface area (Å²) in [4.78, 5) is 71.9. The number of fused-ring (bicyclic) bond motifs is 4. The Morgan fingerprint density at radius 1 is 0.429 bits per heavy atom. The van der Waals surface area contributed by atoms with Crippen molar-refractivity contribution in [2.24, 2.45) is 28.5 Å². The first-order valence-electron chi connectivity index (χ1n) is 39.7. The van der Waals surface area contributed by atoms with Crippen LogP contribution in [-0.4, -0.2) is 120 Å². The number of aryl methyl sites for hydroxylation is 3. The van der Waals surface area contributed by atoms with E-state index in [0.29, 0.717) is 100 Å². The van der Waals surface area contributed by atoms with Gasteiger partial charge in [-0.2, -0.15) is 0 Å². The normalized spacial score (nSPS) is 17.2. The fourth-order valence-electron chi connectivity index (χ4n) is 14.6. The maximum atomic E-state index is 12.6. The zero-order valence-electron chi connectivity index (χ0n) is 67.4. The number of primary amides is 1. The van der Waals surface area contributed by atoms with Gasteiger partial charge in [-0.3, -0.25) is 38.1 Å². The molecule has 7 N–H and O–H groups in total. The fourth-order valence-corrected chi connectivity index (χ4v) is 16.2. The number of imidazole rings is 3. The maximum absolute atomic E-state index is 12.6. The lowest BCUT2D eigenvalue weighted by Gasteiger charge is -2.25. The van der Waals surface area contributed by atoms with E-state index < -0.39 is 0 Å². The van der Waals surface area contributed by atoms with Crippen molar-refractivity contribution in [3.8, 4) is 23.0 Å². The summed E-state index contributed by atoms with van der Waals surface area (Å²) in [5.74, 6) is 5.83. The molecule has 33 heteroatoms. The predicted molar refractivity (Wildman–Crippen MR) is 470 cm³/mol. The summed E-state index contributed by atoms with van der Waals surface area (Å²) in [5.41, 5.74) is 24.1. The van der Waals surface area contributed by atoms with E-state index in [4.69, 9.17) is 141 Å². The van der Waals surface area contributed by atoms with E-state index in [-0.39, 0.29) is 53.9 Å². The molecule has 7 aliphatic rings. The molecular weight excluding hydrogens is 1670 g/mol. The number of ketones is 2. The van der Waals surface area contributed by atoms with Gasteiger partial charge >= 0.3 is 0 Å². The number of aliphatic imine (C=N–C) groups is 1. The molecule has 3 saturated carbocycles. The second-order valence-corrected chi connectivity index (χ2v) is 32.6. The van der Waals surface area contributed by atoms with Gasteiger partial charge in [0.1, 0.15) is 80.3 Å². The number of pyridine rings is 4. The number of carbonyl (C=O) groups excluding carboxylic acids is 3. The summed E-state index contributed by atoms with van der Waals surface area (Å²) in [6.45, 7) is 10.1. The maximum Gasteiger partial charge on any atom is 0.220 e. The van der Waals surface area contributed by atoms with E-state index in [1.165, 1.54) is 7.11 Å². The van der Waals surface area contributed by atoms with Crippen LogP contribution in [-0.2, 0) is 47.9 Å². The summed E-state index contributed by atoms with van der Waals surface area (Å²) < 4.78 is 45.1. The van der Waals surface area contributed by atoms with Crippen LogP contribution in [0.2, 0.25) is 35.4 Å². The van der Waals surface area contributed by atoms with Gasteiger partial charge in [-0.25, -0.2) is 29.9 Å². The van der Waals surface area contributed by atoms with Crippen molar-refractivity contribution >= 4 is 183 Å². The number of ether oxygens (including phenoxy) is 7. The molecule has 11 heterocycles. The molecule has 0 spiro atoms. The Kier molecular flexibility index (Phi) is 29.3. The van der Waals surface area contributed by atoms with Crippen LogP contribution in [0.4, 0.5) is 45.5 Å². The molecule has 26 nitrogen and oxygen atoms in total. The zero-order valence-corrected chi connectivity index (χ0v) is 72.6. The number of halogens is 7. The Morgan fingerprint density at radius 2 is 0.807 bits per heavy atom. The molecule has 18 rings (SSSR count). The molecule has 7 aromatic heterocycles. The average Bonchev–Trinajstić information content (AvgIpc) is 1.64. The van der Waals surface area contributed by atoms with Crippen LogP contribution in [0, 0.1) is 38.5 Å². The number of hydrogen-bond acceptors (Lipinski definition) is 22. The summed E-state index contributed by atoms with van der Waals surface area (Å²) in [7, 11) is 6.30. The molecule has 1 amide bonds. The highest BCUT2D eigenvalue weighted by molar-refractivity contribution is 6.37. The number of nitrogens with two attached hydrogens (primary N) is 2. The molecule has 0 bridgehead atoms. The van der Waals surface area contributed by atoms with Crippen LogP contribution < -0.4 is 46.4 Å². The molecular formula is C86H95Cl7N16O10. The van der Waals surface area contributed by atoms with Crippen molar-refractivity contribution in [3.63, 3.8) is 0 Å². The van der Waals surface area contributed by atoms with Crippen LogP contribution in [0.25, 0.3) is 33.5 Å². The van der Waals surface area contributed by atoms with Crippen molar-refractivity contribution < 1.29 is 47.5 Å². The summed E-state index contributed by atoms with van der Waals surface area (Å²) >= 11 is 43.0. The minimum absolute atomic E-state index is 0.00853. The predicted octanol–water partition coefficient (Wildman–Crippen LogP) is 21.1. The molecule has 628 valence electrons. The second-order valence-electron chi connectivity index (χ2n) is 29.8. The number of aromatic nitrogens is 10. The fraction of sp³-hybridized carbons (Fsp3) is 0.407. The van der Waals surface area contributed by atoms with Crippen LogP contribution >= 0.6 is 81.2 Å². The number of nitrogen functional groups attached to an aromatic ring is 1. The van der Waals surface area contributed by atoms with Gasteiger partial charge in [0.05, 0.1) is 110 Å². The highest BCUT2D eigenvalue weighted by atomic mass is 35.5. The number of amides is 1. The quantitative estimate of drug-likeness (QED) is 0.0350. The van der Waals surface area contributed by atoms with E-state index in [2.05, 4.69) is 45.4 Å². The number of carbonyl (C=O) groups is 3. The number of benzene rings is 4. The number of nitrogens with one attached hydrogen (secondary N) is 3. The van der Waals surface area contributed by atoms with Gasteiger partial charge in [0, 0.05) is 68.6 Å². The minimum atomic E-state index is -0.130. The van der Waals surface area contributed by atoms with Crippen LogP contribution in [0.1, 0.15) is 156 Å². The van der Waals surface area contributed by atoms with Crippen molar-refractivity contribution in [1.29, 1.82) is 0 Å². The molecule has 3 aliphatic carbocycles. The number of methoxy groups -OCH3 is 4. The van der Waals surface area contributed by atoms with E-state index in [1.54, 1.807) is 69.9 Å². The highest BCUT2D eigenvalue weighted by Crippen LogP contribution is 2.45. The molecule has 6 fully saturated rings. The molecule has 3 unspecified atom stereocenters. The van der Waals surface area contributed by atoms with E-state index >= 15 is 0 Å². The number of para-hydroxylation sites is 4. The van der Waals surface area contributed by atoms with E-state index in [9.17, 15) is 14.4 Å².